The molecule has 1 N–H and O–H groups in total. The lowest BCUT2D eigenvalue weighted by Crippen LogP contribution is -2.31. The molecule has 0 aliphatic carbocycles. The quantitative estimate of drug-likeness (QED) is 0.797. The molecule has 2 aromatic rings. The van der Waals surface area contributed by atoms with Crippen molar-refractivity contribution in [2.24, 2.45) is 0 Å². The molecule has 1 saturated heterocycles. The average Bonchev–Trinajstić information content (AvgIpc) is 3.31. The molecule has 1 amide bonds. The molecule has 0 bridgehead atoms. The van der Waals surface area contributed by atoms with E-state index >= 15 is 0 Å². The first-order valence-electron chi connectivity index (χ1n) is 8.81. The van der Waals surface area contributed by atoms with Crippen molar-refractivity contribution in [2.45, 2.75) is 38.7 Å². The summed E-state index contributed by atoms with van der Waals surface area (Å²) in [6.45, 7) is 3.97. The maximum absolute atomic E-state index is 11.9. The largest absolute Gasteiger partial charge is 0.494 e. The summed E-state index contributed by atoms with van der Waals surface area (Å²) in [5.74, 6) is 2.08. The number of nitrogens with one attached hydrogen (secondary N) is 1. The van der Waals surface area contributed by atoms with Gasteiger partial charge >= 0.3 is 0 Å². The van der Waals surface area contributed by atoms with Gasteiger partial charge in [-0.2, -0.15) is 0 Å². The third-order valence-electron chi connectivity index (χ3n) is 4.12. The molecule has 0 unspecified atom stereocenters. The van der Waals surface area contributed by atoms with Crippen LogP contribution in [0, 0.1) is 0 Å². The normalized spacial score (nSPS) is 16.8. The highest BCUT2D eigenvalue weighted by Crippen LogP contribution is 2.23. The van der Waals surface area contributed by atoms with Crippen molar-refractivity contribution < 1.29 is 18.7 Å². The molecule has 1 aliphatic rings. The number of benzene rings is 1. The predicted molar refractivity (Wildman–Crippen MR) is 93.4 cm³/mol. The van der Waals surface area contributed by atoms with E-state index in [1.807, 2.05) is 31.2 Å². The summed E-state index contributed by atoms with van der Waals surface area (Å²) in [7, 11) is 0. The molecular weight excluding hydrogens is 320 g/mol. The number of nitrogens with zero attached hydrogens (tertiary/aromatic N) is 1. The summed E-state index contributed by atoms with van der Waals surface area (Å²) in [6.07, 6.45) is 4.79. The lowest BCUT2D eigenvalue weighted by molar-refractivity contribution is -0.121. The molecule has 6 heteroatoms. The van der Waals surface area contributed by atoms with Gasteiger partial charge in [0.2, 0.25) is 5.91 Å². The summed E-state index contributed by atoms with van der Waals surface area (Å²) in [6, 6.07) is 7.67. The first-order chi connectivity index (χ1) is 12.2. The molecule has 25 heavy (non-hydrogen) atoms. The van der Waals surface area contributed by atoms with Gasteiger partial charge < -0.3 is 19.2 Å². The molecule has 0 spiro atoms. The smallest absolute Gasteiger partial charge is 0.220 e. The van der Waals surface area contributed by atoms with Crippen LogP contribution in [0.15, 0.2) is 34.9 Å². The van der Waals surface area contributed by atoms with Crippen molar-refractivity contribution in [3.05, 3.63) is 36.4 Å². The first-order valence-corrected chi connectivity index (χ1v) is 8.81. The molecule has 1 aromatic heterocycles. The Hall–Kier alpha value is -2.34. The van der Waals surface area contributed by atoms with Gasteiger partial charge in [-0.1, -0.05) is 0 Å². The molecule has 134 valence electrons. The number of aromatic nitrogens is 1. The summed E-state index contributed by atoms with van der Waals surface area (Å²) in [4.78, 5) is 16.2. The van der Waals surface area contributed by atoms with Crippen LogP contribution in [-0.4, -0.2) is 36.8 Å². The van der Waals surface area contributed by atoms with E-state index in [1.54, 1.807) is 6.20 Å². The Labute approximate surface area is 147 Å². The number of aryl methyl sites for hydroxylation is 1. The van der Waals surface area contributed by atoms with Gasteiger partial charge in [-0.3, -0.25) is 4.79 Å². The van der Waals surface area contributed by atoms with E-state index < -0.39 is 0 Å². The molecule has 1 aromatic carbocycles. The van der Waals surface area contributed by atoms with Crippen molar-refractivity contribution in [3.8, 4) is 17.1 Å². The van der Waals surface area contributed by atoms with Crippen molar-refractivity contribution >= 4 is 5.91 Å². The molecular formula is C19H24N2O4. The lowest BCUT2D eigenvalue weighted by Gasteiger charge is -2.10. The molecule has 1 aliphatic heterocycles. The Morgan fingerprint density at radius 3 is 2.92 bits per heavy atom. The van der Waals surface area contributed by atoms with Crippen LogP contribution in [0.4, 0.5) is 0 Å². The Balaban J connectivity index is 1.46. The Bertz CT molecular complexity index is 675. The van der Waals surface area contributed by atoms with E-state index in [2.05, 4.69) is 10.3 Å². The van der Waals surface area contributed by atoms with Gasteiger partial charge in [0.25, 0.3) is 0 Å². The first kappa shape index (κ1) is 17.5. The number of amides is 1. The van der Waals surface area contributed by atoms with E-state index in [4.69, 9.17) is 13.9 Å². The number of ether oxygens (including phenoxy) is 2. The lowest BCUT2D eigenvalue weighted by atomic mass is 10.2. The molecule has 1 fully saturated rings. The van der Waals surface area contributed by atoms with Gasteiger partial charge in [-0.25, -0.2) is 4.98 Å². The van der Waals surface area contributed by atoms with Crippen LogP contribution in [-0.2, 0) is 16.0 Å². The van der Waals surface area contributed by atoms with Crippen molar-refractivity contribution in [1.29, 1.82) is 0 Å². The minimum absolute atomic E-state index is 0.00341. The minimum atomic E-state index is -0.00341. The van der Waals surface area contributed by atoms with E-state index in [1.165, 1.54) is 0 Å². The van der Waals surface area contributed by atoms with Gasteiger partial charge in [0.05, 0.1) is 18.9 Å². The van der Waals surface area contributed by atoms with Crippen LogP contribution in [0.2, 0.25) is 0 Å². The van der Waals surface area contributed by atoms with Crippen LogP contribution in [0.1, 0.15) is 32.1 Å². The molecule has 6 nitrogen and oxygen atoms in total. The van der Waals surface area contributed by atoms with Crippen molar-refractivity contribution in [1.82, 2.24) is 10.3 Å². The maximum atomic E-state index is 11.9. The zero-order chi connectivity index (χ0) is 17.5. The Morgan fingerprint density at radius 2 is 2.20 bits per heavy atom. The fourth-order valence-electron chi connectivity index (χ4n) is 2.78. The van der Waals surface area contributed by atoms with E-state index in [-0.39, 0.29) is 12.0 Å². The van der Waals surface area contributed by atoms with Gasteiger partial charge in [0.15, 0.2) is 11.7 Å². The van der Waals surface area contributed by atoms with Crippen LogP contribution in [0.3, 0.4) is 0 Å². The maximum Gasteiger partial charge on any atom is 0.220 e. The fourth-order valence-corrected chi connectivity index (χ4v) is 2.78. The molecule has 3 rings (SSSR count). The zero-order valence-electron chi connectivity index (χ0n) is 14.5. The second-order valence-corrected chi connectivity index (χ2v) is 6.01. The average molecular weight is 344 g/mol. The number of carbonyl (C=O) groups is 1. The topological polar surface area (TPSA) is 73.6 Å². The third kappa shape index (κ3) is 5.06. The number of rotatable bonds is 8. The highest BCUT2D eigenvalue weighted by atomic mass is 16.5. The van der Waals surface area contributed by atoms with Gasteiger partial charge in [-0.15, -0.1) is 0 Å². The number of carbonyl (C=O) groups excluding carboxylic acids is 1. The van der Waals surface area contributed by atoms with E-state index in [9.17, 15) is 4.79 Å². The molecule has 1 atom stereocenters. The van der Waals surface area contributed by atoms with Crippen LogP contribution >= 0.6 is 0 Å². The number of hydrogen-bond donors (Lipinski definition) is 1. The summed E-state index contributed by atoms with van der Waals surface area (Å²) >= 11 is 0. The second-order valence-electron chi connectivity index (χ2n) is 6.01. The van der Waals surface area contributed by atoms with Crippen molar-refractivity contribution in [3.63, 3.8) is 0 Å². The SMILES string of the molecule is CCOc1ccc(-c2cnc(CCC(=O)NC[C@@H]3CCCO3)o2)cc1. The number of oxazole rings is 1. The van der Waals surface area contributed by atoms with Crippen LogP contribution < -0.4 is 10.1 Å². The Morgan fingerprint density at radius 1 is 1.36 bits per heavy atom. The zero-order valence-corrected chi connectivity index (χ0v) is 14.5. The van der Waals surface area contributed by atoms with E-state index in [0.29, 0.717) is 37.6 Å². The summed E-state index contributed by atoms with van der Waals surface area (Å²) in [5.41, 5.74) is 0.935. The minimum Gasteiger partial charge on any atom is -0.494 e. The highest BCUT2D eigenvalue weighted by Gasteiger charge is 2.16. The van der Waals surface area contributed by atoms with Crippen LogP contribution in [0.5, 0.6) is 5.75 Å². The number of hydrogen-bond acceptors (Lipinski definition) is 5. The monoisotopic (exact) mass is 344 g/mol. The molecule has 0 saturated carbocycles. The van der Waals surface area contributed by atoms with Gasteiger partial charge in [-0.05, 0) is 44.0 Å². The fraction of sp³-hybridized carbons (Fsp3) is 0.474. The predicted octanol–water partition coefficient (Wildman–Crippen LogP) is 2.97. The van der Waals surface area contributed by atoms with Gasteiger partial charge in [0.1, 0.15) is 5.75 Å². The molecule has 2 heterocycles. The second kappa shape index (κ2) is 8.67. The van der Waals surface area contributed by atoms with Crippen LogP contribution in [0.25, 0.3) is 11.3 Å². The van der Waals surface area contributed by atoms with Crippen molar-refractivity contribution in [2.75, 3.05) is 19.8 Å². The summed E-state index contributed by atoms with van der Waals surface area (Å²) < 4.78 is 16.7. The van der Waals surface area contributed by atoms with E-state index in [0.717, 1.165) is 30.8 Å². The standard InChI is InChI=1S/C19H24N2O4/c1-2-23-15-7-5-14(6-8-15)17-13-21-19(25-17)10-9-18(22)20-12-16-4-3-11-24-16/h5-8,13,16H,2-4,9-12H2,1H3,(H,20,22)/t16-/m0/s1. The Kier molecular flexibility index (Phi) is 6.06. The molecule has 0 radical (unpaired) electrons. The third-order valence-corrected chi connectivity index (χ3v) is 4.12. The summed E-state index contributed by atoms with van der Waals surface area (Å²) in [5, 5.41) is 2.90. The van der Waals surface area contributed by atoms with Gasteiger partial charge in [0, 0.05) is 31.6 Å². The highest BCUT2D eigenvalue weighted by molar-refractivity contribution is 5.76.